The number of nitrogens with one attached hydrogen (secondary N) is 1. The maximum absolute atomic E-state index is 12.2. The number of carbonyl (C=O) groups excluding carboxylic acids is 1. The smallest absolute Gasteiger partial charge is 0.261 e. The largest absolute Gasteiger partial charge is 0.375 e. The number of aliphatic hydroxyl groups is 1. The Kier molecular flexibility index (Phi) is 2.81. The van der Waals surface area contributed by atoms with Crippen LogP contribution in [0.2, 0.25) is 5.02 Å². The average molecular weight is 274 g/mol. The van der Waals surface area contributed by atoms with Crippen molar-refractivity contribution in [3.8, 4) is 0 Å². The summed E-state index contributed by atoms with van der Waals surface area (Å²) in [5, 5.41) is 14.0. The average Bonchev–Trinajstić information content (AvgIpc) is 2.42. The zero-order valence-electron chi connectivity index (χ0n) is 10.1. The third-order valence-electron chi connectivity index (χ3n) is 3.39. The first kappa shape index (κ1) is 12.2. The number of hydrogen-bond donors (Lipinski definition) is 2. The molecule has 1 amide bonds. The van der Waals surface area contributed by atoms with E-state index in [1.165, 1.54) is 0 Å². The predicted molar refractivity (Wildman–Crippen MR) is 74.1 cm³/mol. The molecule has 0 spiro atoms. The van der Waals surface area contributed by atoms with Crippen molar-refractivity contribution in [2.24, 2.45) is 0 Å². The summed E-state index contributed by atoms with van der Waals surface area (Å²) in [6.45, 7) is 0. The summed E-state index contributed by atoms with van der Waals surface area (Å²) < 4.78 is 0. The fraction of sp³-hybridized carbons (Fsp3) is 0.133. The van der Waals surface area contributed by atoms with Crippen LogP contribution < -0.4 is 5.32 Å². The normalized spacial score (nSPS) is 21.7. The minimum absolute atomic E-state index is 0.245. The van der Waals surface area contributed by atoms with Gasteiger partial charge in [0.15, 0.2) is 5.60 Å². The molecule has 0 bridgehead atoms. The van der Waals surface area contributed by atoms with Crippen molar-refractivity contribution in [3.05, 3.63) is 64.7 Å². The summed E-state index contributed by atoms with van der Waals surface area (Å²) >= 11 is 5.90. The molecule has 2 aromatic rings. The van der Waals surface area contributed by atoms with E-state index < -0.39 is 11.5 Å². The molecule has 1 atom stereocenters. The molecule has 96 valence electrons. The molecular formula is C15H12ClNO2. The lowest BCUT2D eigenvalue weighted by atomic mass is 9.83. The van der Waals surface area contributed by atoms with E-state index in [1.807, 2.05) is 12.1 Å². The number of halogens is 1. The van der Waals surface area contributed by atoms with Crippen molar-refractivity contribution in [2.75, 3.05) is 5.32 Å². The van der Waals surface area contributed by atoms with E-state index in [1.54, 1.807) is 36.4 Å². The Bertz CT molecular complexity index is 642. The summed E-state index contributed by atoms with van der Waals surface area (Å²) in [6, 6.07) is 14.2. The second-order valence-corrected chi connectivity index (χ2v) is 5.10. The van der Waals surface area contributed by atoms with Gasteiger partial charge in [0.25, 0.3) is 5.91 Å². The fourth-order valence-corrected chi connectivity index (χ4v) is 2.52. The lowest BCUT2D eigenvalue weighted by Gasteiger charge is -2.33. The molecule has 0 radical (unpaired) electrons. The summed E-state index contributed by atoms with van der Waals surface area (Å²) in [7, 11) is 0. The van der Waals surface area contributed by atoms with Gasteiger partial charge < -0.3 is 10.4 Å². The zero-order valence-corrected chi connectivity index (χ0v) is 10.8. The van der Waals surface area contributed by atoms with Crippen LogP contribution in [0.5, 0.6) is 0 Å². The van der Waals surface area contributed by atoms with Gasteiger partial charge in [-0.25, -0.2) is 0 Å². The van der Waals surface area contributed by atoms with Crippen LogP contribution in [-0.4, -0.2) is 11.0 Å². The molecule has 0 unspecified atom stereocenters. The van der Waals surface area contributed by atoms with Crippen molar-refractivity contribution in [3.63, 3.8) is 0 Å². The standard InChI is InChI=1S/C15H12ClNO2/c16-12-7-6-10-9-15(19,11-4-2-1-3-5-11)14(18)17-13(10)8-12/h1-8,19H,9H2,(H,17,18)/t15-/m0/s1. The van der Waals surface area contributed by atoms with Gasteiger partial charge >= 0.3 is 0 Å². The van der Waals surface area contributed by atoms with Gasteiger partial charge in [-0.1, -0.05) is 48.0 Å². The molecule has 19 heavy (non-hydrogen) atoms. The number of benzene rings is 2. The van der Waals surface area contributed by atoms with Crippen molar-refractivity contribution >= 4 is 23.2 Å². The maximum Gasteiger partial charge on any atom is 0.261 e. The van der Waals surface area contributed by atoms with Gasteiger partial charge in [0.1, 0.15) is 0 Å². The number of amides is 1. The molecule has 1 heterocycles. The zero-order chi connectivity index (χ0) is 13.5. The highest BCUT2D eigenvalue weighted by molar-refractivity contribution is 6.31. The van der Waals surface area contributed by atoms with Crippen LogP contribution in [0.4, 0.5) is 5.69 Å². The highest BCUT2D eigenvalue weighted by atomic mass is 35.5. The summed E-state index contributed by atoms with van der Waals surface area (Å²) in [5.41, 5.74) is 0.601. The molecular weight excluding hydrogens is 262 g/mol. The number of anilines is 1. The maximum atomic E-state index is 12.2. The Labute approximate surface area is 115 Å². The number of rotatable bonds is 1. The van der Waals surface area contributed by atoms with E-state index in [0.29, 0.717) is 16.3 Å². The van der Waals surface area contributed by atoms with E-state index in [9.17, 15) is 9.90 Å². The summed E-state index contributed by atoms with van der Waals surface area (Å²) in [5.74, 6) is -0.423. The molecule has 0 saturated heterocycles. The molecule has 4 heteroatoms. The molecule has 3 rings (SSSR count). The fourth-order valence-electron chi connectivity index (χ4n) is 2.35. The Morgan fingerprint density at radius 3 is 2.63 bits per heavy atom. The van der Waals surface area contributed by atoms with Gasteiger partial charge in [-0.2, -0.15) is 0 Å². The van der Waals surface area contributed by atoms with Crippen LogP contribution in [0.1, 0.15) is 11.1 Å². The Morgan fingerprint density at radius 1 is 1.16 bits per heavy atom. The van der Waals surface area contributed by atoms with Crippen LogP contribution in [-0.2, 0) is 16.8 Å². The number of fused-ring (bicyclic) bond motifs is 1. The first-order chi connectivity index (χ1) is 9.09. The minimum atomic E-state index is -1.53. The highest BCUT2D eigenvalue weighted by Gasteiger charge is 2.41. The monoisotopic (exact) mass is 273 g/mol. The second kappa shape index (κ2) is 4.37. The van der Waals surface area contributed by atoms with Gasteiger partial charge in [0, 0.05) is 17.1 Å². The van der Waals surface area contributed by atoms with E-state index >= 15 is 0 Å². The molecule has 1 aliphatic heterocycles. The van der Waals surface area contributed by atoms with E-state index in [-0.39, 0.29) is 6.42 Å². The van der Waals surface area contributed by atoms with Crippen LogP contribution in [0.3, 0.4) is 0 Å². The van der Waals surface area contributed by atoms with Crippen LogP contribution in [0.25, 0.3) is 0 Å². The third kappa shape index (κ3) is 2.01. The summed E-state index contributed by atoms with van der Waals surface area (Å²) in [6.07, 6.45) is 0.245. The minimum Gasteiger partial charge on any atom is -0.375 e. The molecule has 1 aliphatic rings. The number of carbonyl (C=O) groups is 1. The predicted octanol–water partition coefficient (Wildman–Crippen LogP) is 2.72. The van der Waals surface area contributed by atoms with Crippen molar-refractivity contribution in [1.29, 1.82) is 0 Å². The molecule has 2 aromatic carbocycles. The Morgan fingerprint density at radius 2 is 1.89 bits per heavy atom. The Hall–Kier alpha value is -1.84. The van der Waals surface area contributed by atoms with E-state index in [4.69, 9.17) is 11.6 Å². The van der Waals surface area contributed by atoms with E-state index in [0.717, 1.165) is 5.56 Å². The van der Waals surface area contributed by atoms with Gasteiger partial charge in [-0.15, -0.1) is 0 Å². The van der Waals surface area contributed by atoms with Crippen molar-refractivity contribution in [1.82, 2.24) is 0 Å². The van der Waals surface area contributed by atoms with Gasteiger partial charge in [0.2, 0.25) is 0 Å². The molecule has 3 nitrogen and oxygen atoms in total. The third-order valence-corrected chi connectivity index (χ3v) is 3.63. The van der Waals surface area contributed by atoms with Gasteiger partial charge in [-0.05, 0) is 23.3 Å². The molecule has 0 fully saturated rings. The number of hydrogen-bond acceptors (Lipinski definition) is 2. The SMILES string of the molecule is O=C1Nc2cc(Cl)ccc2C[C@]1(O)c1ccccc1. The van der Waals surface area contributed by atoms with Crippen molar-refractivity contribution < 1.29 is 9.90 Å². The van der Waals surface area contributed by atoms with Crippen LogP contribution in [0.15, 0.2) is 48.5 Å². The van der Waals surface area contributed by atoms with Crippen LogP contribution in [0, 0.1) is 0 Å². The lowest BCUT2D eigenvalue weighted by molar-refractivity contribution is -0.135. The van der Waals surface area contributed by atoms with E-state index in [2.05, 4.69) is 5.32 Å². The molecule has 0 saturated carbocycles. The quantitative estimate of drug-likeness (QED) is 0.839. The molecule has 0 aliphatic carbocycles. The van der Waals surface area contributed by atoms with Crippen molar-refractivity contribution in [2.45, 2.75) is 12.0 Å². The van der Waals surface area contributed by atoms with Gasteiger partial charge in [-0.3, -0.25) is 4.79 Å². The molecule has 0 aromatic heterocycles. The Balaban J connectivity index is 2.07. The lowest BCUT2D eigenvalue weighted by Crippen LogP contribution is -2.45. The van der Waals surface area contributed by atoms with Gasteiger partial charge in [0.05, 0.1) is 0 Å². The highest BCUT2D eigenvalue weighted by Crippen LogP contribution is 2.35. The molecule has 2 N–H and O–H groups in total. The first-order valence-electron chi connectivity index (χ1n) is 5.97. The second-order valence-electron chi connectivity index (χ2n) is 4.66. The topological polar surface area (TPSA) is 49.3 Å². The first-order valence-corrected chi connectivity index (χ1v) is 6.35. The van der Waals surface area contributed by atoms with Crippen LogP contribution >= 0.6 is 11.6 Å². The summed E-state index contributed by atoms with van der Waals surface area (Å²) in [4.78, 5) is 12.2.